The van der Waals surface area contributed by atoms with E-state index in [0.717, 1.165) is 33.2 Å². The van der Waals surface area contributed by atoms with Crippen LogP contribution < -0.4 is 0 Å². The van der Waals surface area contributed by atoms with Crippen molar-refractivity contribution >= 4 is 32.7 Å². The maximum absolute atomic E-state index is 5.29. The molecule has 3 heteroatoms. The third-order valence-electron chi connectivity index (χ3n) is 8.23. The SMILES string of the molecule is CC1(C)c2ccccc2-c2ccc(-c3nc(-n4c5ccccc5c5ccccc54)nc4ccccc34)cc21. The molecule has 2 heterocycles. The molecular formula is C35H25N3. The molecule has 8 rings (SSSR count). The largest absolute Gasteiger partial charge is 0.278 e. The van der Waals surface area contributed by atoms with Crippen LogP contribution in [-0.4, -0.2) is 14.5 Å². The summed E-state index contributed by atoms with van der Waals surface area (Å²) in [5.41, 5.74) is 10.5. The van der Waals surface area contributed by atoms with Crippen LogP contribution in [-0.2, 0) is 5.41 Å². The first kappa shape index (κ1) is 21.3. The Labute approximate surface area is 221 Å². The van der Waals surface area contributed by atoms with Crippen molar-refractivity contribution < 1.29 is 0 Å². The molecule has 0 bridgehead atoms. The van der Waals surface area contributed by atoms with Gasteiger partial charge in [0.2, 0.25) is 5.95 Å². The van der Waals surface area contributed by atoms with Crippen LogP contribution in [0.3, 0.4) is 0 Å². The molecule has 0 radical (unpaired) electrons. The highest BCUT2D eigenvalue weighted by Crippen LogP contribution is 2.49. The Hall–Kier alpha value is -4.76. The predicted octanol–water partition coefficient (Wildman–Crippen LogP) is 8.70. The smallest absolute Gasteiger partial charge is 0.235 e. The normalized spacial score (nSPS) is 13.7. The molecule has 7 aromatic rings. The molecule has 0 saturated heterocycles. The number of benzene rings is 5. The van der Waals surface area contributed by atoms with E-state index in [9.17, 15) is 0 Å². The lowest BCUT2D eigenvalue weighted by Gasteiger charge is -2.22. The zero-order chi connectivity index (χ0) is 25.4. The summed E-state index contributed by atoms with van der Waals surface area (Å²) in [5, 5.41) is 3.47. The molecule has 3 nitrogen and oxygen atoms in total. The van der Waals surface area contributed by atoms with Gasteiger partial charge in [-0.1, -0.05) is 105 Å². The van der Waals surface area contributed by atoms with Crippen molar-refractivity contribution in [3.63, 3.8) is 0 Å². The molecule has 5 aromatic carbocycles. The van der Waals surface area contributed by atoms with Crippen LogP contribution in [0.25, 0.3) is 61.0 Å². The van der Waals surface area contributed by atoms with Crippen molar-refractivity contribution in [2.75, 3.05) is 0 Å². The lowest BCUT2D eigenvalue weighted by molar-refractivity contribution is 0.660. The van der Waals surface area contributed by atoms with Crippen molar-refractivity contribution in [1.29, 1.82) is 0 Å². The van der Waals surface area contributed by atoms with Crippen molar-refractivity contribution in [1.82, 2.24) is 14.5 Å². The number of hydrogen-bond donors (Lipinski definition) is 0. The minimum Gasteiger partial charge on any atom is -0.278 e. The first-order valence-electron chi connectivity index (χ1n) is 13.1. The molecule has 0 unspecified atom stereocenters. The summed E-state index contributed by atoms with van der Waals surface area (Å²) in [4.78, 5) is 10.4. The lowest BCUT2D eigenvalue weighted by atomic mass is 9.82. The summed E-state index contributed by atoms with van der Waals surface area (Å²) in [6.45, 7) is 4.64. The van der Waals surface area contributed by atoms with Gasteiger partial charge in [-0.3, -0.25) is 4.57 Å². The number of rotatable bonds is 2. The van der Waals surface area contributed by atoms with Gasteiger partial charge < -0.3 is 0 Å². The van der Waals surface area contributed by atoms with Crippen molar-refractivity contribution in [3.05, 3.63) is 126 Å². The Bertz CT molecular complexity index is 2010. The Kier molecular flexibility index (Phi) is 4.28. The number of aromatic nitrogens is 3. The molecule has 180 valence electrons. The van der Waals surface area contributed by atoms with Gasteiger partial charge >= 0.3 is 0 Å². The van der Waals surface area contributed by atoms with E-state index < -0.39 is 0 Å². The van der Waals surface area contributed by atoms with E-state index in [2.05, 4.69) is 134 Å². The first-order valence-corrected chi connectivity index (χ1v) is 13.1. The maximum Gasteiger partial charge on any atom is 0.235 e. The van der Waals surface area contributed by atoms with E-state index in [1.54, 1.807) is 0 Å². The van der Waals surface area contributed by atoms with E-state index in [0.29, 0.717) is 5.95 Å². The van der Waals surface area contributed by atoms with Gasteiger partial charge in [-0.2, -0.15) is 0 Å². The van der Waals surface area contributed by atoms with Gasteiger partial charge in [0.25, 0.3) is 0 Å². The van der Waals surface area contributed by atoms with E-state index in [-0.39, 0.29) is 5.41 Å². The zero-order valence-corrected chi connectivity index (χ0v) is 21.3. The van der Waals surface area contributed by atoms with Crippen LogP contribution in [0.2, 0.25) is 0 Å². The fourth-order valence-corrected chi connectivity index (χ4v) is 6.37. The van der Waals surface area contributed by atoms with Crippen molar-refractivity contribution in [2.24, 2.45) is 0 Å². The number of nitrogens with zero attached hydrogens (tertiary/aromatic N) is 3. The molecule has 0 fully saturated rings. The topological polar surface area (TPSA) is 30.7 Å². The van der Waals surface area contributed by atoms with Crippen LogP contribution in [0.5, 0.6) is 0 Å². The molecule has 38 heavy (non-hydrogen) atoms. The van der Waals surface area contributed by atoms with Crippen LogP contribution >= 0.6 is 0 Å². The van der Waals surface area contributed by atoms with E-state index in [1.165, 1.54) is 33.0 Å². The maximum atomic E-state index is 5.29. The van der Waals surface area contributed by atoms with Crippen LogP contribution in [0, 0.1) is 0 Å². The Morgan fingerprint density at radius 3 is 1.92 bits per heavy atom. The molecule has 0 aliphatic heterocycles. The van der Waals surface area contributed by atoms with Crippen molar-refractivity contribution in [3.8, 4) is 28.3 Å². The molecular weight excluding hydrogens is 462 g/mol. The summed E-state index contributed by atoms with van der Waals surface area (Å²) in [7, 11) is 0. The second-order valence-electron chi connectivity index (χ2n) is 10.7. The highest BCUT2D eigenvalue weighted by molar-refractivity contribution is 6.09. The van der Waals surface area contributed by atoms with Gasteiger partial charge in [0.1, 0.15) is 0 Å². The third-order valence-corrected chi connectivity index (χ3v) is 8.23. The fourth-order valence-electron chi connectivity index (χ4n) is 6.37. The summed E-state index contributed by atoms with van der Waals surface area (Å²) >= 11 is 0. The first-order chi connectivity index (χ1) is 18.6. The Morgan fingerprint density at radius 1 is 0.553 bits per heavy atom. The third kappa shape index (κ3) is 2.84. The van der Waals surface area contributed by atoms with Gasteiger partial charge in [-0.25, -0.2) is 9.97 Å². The highest BCUT2D eigenvalue weighted by Gasteiger charge is 2.35. The number of hydrogen-bond acceptors (Lipinski definition) is 2. The Morgan fingerprint density at radius 2 is 1.16 bits per heavy atom. The number of fused-ring (bicyclic) bond motifs is 7. The summed E-state index contributed by atoms with van der Waals surface area (Å²) < 4.78 is 2.20. The van der Waals surface area contributed by atoms with Gasteiger partial charge in [0.15, 0.2) is 0 Å². The van der Waals surface area contributed by atoms with E-state index >= 15 is 0 Å². The fraction of sp³-hybridized carbons (Fsp3) is 0.0857. The molecule has 1 aliphatic carbocycles. The zero-order valence-electron chi connectivity index (χ0n) is 21.3. The second-order valence-corrected chi connectivity index (χ2v) is 10.7. The van der Waals surface area contributed by atoms with Gasteiger partial charge in [-0.05, 0) is 46.5 Å². The van der Waals surface area contributed by atoms with Gasteiger partial charge in [-0.15, -0.1) is 0 Å². The molecule has 0 atom stereocenters. The molecule has 0 saturated carbocycles. The van der Waals surface area contributed by atoms with Crippen LogP contribution in [0.15, 0.2) is 115 Å². The van der Waals surface area contributed by atoms with Gasteiger partial charge in [0.05, 0.1) is 22.2 Å². The van der Waals surface area contributed by atoms with E-state index in [4.69, 9.17) is 9.97 Å². The average Bonchev–Trinajstić information content (AvgIpc) is 3.42. The highest BCUT2D eigenvalue weighted by atomic mass is 15.2. The van der Waals surface area contributed by atoms with Crippen LogP contribution in [0.1, 0.15) is 25.0 Å². The molecule has 0 N–H and O–H groups in total. The average molecular weight is 488 g/mol. The Balaban J connectivity index is 1.41. The minimum atomic E-state index is -0.0690. The summed E-state index contributed by atoms with van der Waals surface area (Å²) in [5.74, 6) is 0.694. The second kappa shape index (κ2) is 7.62. The van der Waals surface area contributed by atoms with Crippen LogP contribution in [0.4, 0.5) is 0 Å². The number of para-hydroxylation sites is 3. The standard InChI is InChI=1S/C35H25N3/c1-35(2)28-15-7-3-11-23(28)24-20-19-22(21-29(24)35)33-27-14-4-8-16-30(27)36-34(37-33)38-31-17-9-5-12-25(31)26-13-6-10-18-32(26)38/h3-21H,1-2H3. The van der Waals surface area contributed by atoms with E-state index in [1.807, 2.05) is 0 Å². The molecule has 2 aromatic heterocycles. The lowest BCUT2D eigenvalue weighted by Crippen LogP contribution is -2.15. The molecule has 1 aliphatic rings. The predicted molar refractivity (Wildman–Crippen MR) is 157 cm³/mol. The minimum absolute atomic E-state index is 0.0690. The monoisotopic (exact) mass is 487 g/mol. The molecule has 0 spiro atoms. The summed E-state index contributed by atoms with van der Waals surface area (Å²) in [6, 6.07) is 41.0. The summed E-state index contributed by atoms with van der Waals surface area (Å²) in [6.07, 6.45) is 0. The van der Waals surface area contributed by atoms with Crippen molar-refractivity contribution in [2.45, 2.75) is 19.3 Å². The van der Waals surface area contributed by atoms with Gasteiger partial charge in [0, 0.05) is 27.1 Å². The molecule has 0 amide bonds. The quantitative estimate of drug-likeness (QED) is 0.244.